The fourth-order valence-electron chi connectivity index (χ4n) is 13.3. The maximum atomic E-state index is 15.6. The molecule has 3 fully saturated rings. The maximum Gasteiger partial charge on any atom is 0.417 e. The third kappa shape index (κ3) is 19.7. The van der Waals surface area contributed by atoms with Crippen molar-refractivity contribution in [2.24, 2.45) is 11.8 Å². The average Bonchev–Trinajstić information content (AvgIpc) is 1.31. The monoisotopic (exact) mass is 1560 g/mol. The van der Waals surface area contributed by atoms with E-state index in [0.717, 1.165) is 40.9 Å². The van der Waals surface area contributed by atoms with Crippen molar-refractivity contribution in [1.29, 1.82) is 0 Å². The summed E-state index contributed by atoms with van der Waals surface area (Å²) < 4.78 is 42.7. The molecule has 0 unspecified atom stereocenters. The molecule has 3 aromatic rings. The van der Waals surface area contributed by atoms with Crippen molar-refractivity contribution >= 4 is 105 Å². The van der Waals surface area contributed by atoms with Gasteiger partial charge in [-0.25, -0.2) is 0 Å². The van der Waals surface area contributed by atoms with Gasteiger partial charge in [-0.15, -0.1) is 0 Å². The highest BCUT2D eigenvalue weighted by Gasteiger charge is 2.51. The fourth-order valence-corrected chi connectivity index (χ4v) is 14.2. The van der Waals surface area contributed by atoms with Crippen molar-refractivity contribution < 1.29 is 70.7 Å². The molecule has 1 saturated carbocycles. The summed E-state index contributed by atoms with van der Waals surface area (Å²) >= 11 is 8.29. The van der Waals surface area contributed by atoms with Crippen LogP contribution in [0.15, 0.2) is 66.7 Å². The van der Waals surface area contributed by atoms with Gasteiger partial charge in [0.2, 0.25) is 70.9 Å². The normalized spacial score (nSPS) is 25.1. The number of nitrogens with zero attached hydrogens (tertiary/aromatic N) is 9. The van der Waals surface area contributed by atoms with E-state index in [1.807, 2.05) is 32.0 Å². The van der Waals surface area contributed by atoms with Gasteiger partial charge in [-0.3, -0.25) is 57.5 Å². The molecule has 0 radical (unpaired) electrons. The molecule has 0 aromatic heterocycles. The molecule has 6 rings (SSSR count). The molecule has 24 nitrogen and oxygen atoms in total. The number of amides is 12. The summed E-state index contributed by atoms with van der Waals surface area (Å²) in [7, 11) is 12.5. The quantitative estimate of drug-likeness (QED) is 0.184. The number of carbonyl (C=O) groups is 12. The van der Waals surface area contributed by atoms with E-state index in [2.05, 4.69) is 38.5 Å². The van der Waals surface area contributed by atoms with E-state index in [-0.39, 0.29) is 57.1 Å². The first kappa shape index (κ1) is 83.1. The van der Waals surface area contributed by atoms with E-state index in [4.69, 9.17) is 11.6 Å². The molecule has 1 spiro atoms. The lowest BCUT2D eigenvalue weighted by Gasteiger charge is -2.45. The molecule has 3 aliphatic rings. The second-order valence-electron chi connectivity index (χ2n) is 28.1. The van der Waals surface area contributed by atoms with Gasteiger partial charge in [-0.2, -0.15) is 13.2 Å². The van der Waals surface area contributed by atoms with Gasteiger partial charge in [0, 0.05) is 86.4 Å². The van der Waals surface area contributed by atoms with Gasteiger partial charge >= 0.3 is 6.18 Å². The number of rotatable bonds is 12. The van der Waals surface area contributed by atoms with Crippen molar-refractivity contribution in [3.63, 3.8) is 0 Å². The van der Waals surface area contributed by atoms with Crippen LogP contribution in [0.4, 0.5) is 13.2 Å². The first-order valence-electron chi connectivity index (χ1n) is 34.7. The molecular formula is C73H101ClF3IN12O12. The van der Waals surface area contributed by atoms with E-state index in [1.165, 1.54) is 108 Å². The van der Waals surface area contributed by atoms with E-state index >= 15 is 24.0 Å². The minimum Gasteiger partial charge on any atom is -0.347 e. The summed E-state index contributed by atoms with van der Waals surface area (Å²) in [5, 5.41) is 7.97. The smallest absolute Gasteiger partial charge is 0.347 e. The highest BCUT2D eigenvalue weighted by Crippen LogP contribution is 2.37. The zero-order valence-electron chi connectivity index (χ0n) is 61.4. The molecule has 2 aliphatic heterocycles. The summed E-state index contributed by atoms with van der Waals surface area (Å²) in [5.74, 6) is -9.79. The number of alkyl halides is 3. The molecular weight excluding hydrogens is 1460 g/mol. The summed E-state index contributed by atoms with van der Waals surface area (Å²) in [6, 6.07) is 5.52. The Balaban J connectivity index is 1.49. The first-order valence-corrected chi connectivity index (χ1v) is 36.1. The number of hydrogen-bond acceptors (Lipinski definition) is 12. The van der Waals surface area contributed by atoms with Crippen molar-refractivity contribution in [2.45, 2.75) is 192 Å². The Kier molecular flexibility index (Phi) is 28.9. The van der Waals surface area contributed by atoms with Crippen LogP contribution >= 0.6 is 34.2 Å². The molecule has 560 valence electrons. The highest BCUT2D eigenvalue weighted by molar-refractivity contribution is 14.1. The number of carbonyl (C=O) groups excluding carboxylic acids is 12. The number of hydrogen-bond donors (Lipinski definition) is 3. The molecule has 3 aromatic carbocycles. The lowest BCUT2D eigenvalue weighted by Crippen LogP contribution is -2.65. The van der Waals surface area contributed by atoms with Crippen LogP contribution in [0.2, 0.25) is 5.02 Å². The van der Waals surface area contributed by atoms with Crippen molar-refractivity contribution in [2.75, 3.05) is 76.5 Å². The second kappa shape index (κ2) is 35.5. The van der Waals surface area contributed by atoms with Gasteiger partial charge in [0.15, 0.2) is 0 Å². The van der Waals surface area contributed by atoms with Gasteiger partial charge in [0.1, 0.15) is 59.9 Å². The Morgan fingerprint density at radius 2 is 1.26 bits per heavy atom. The molecule has 0 bridgehead atoms. The van der Waals surface area contributed by atoms with E-state index in [9.17, 15) is 46.7 Å². The largest absolute Gasteiger partial charge is 0.417 e. The van der Waals surface area contributed by atoms with Crippen LogP contribution in [-0.2, 0) is 83.0 Å². The number of aryl methyl sites for hydroxylation is 2. The Hall–Kier alpha value is -7.89. The van der Waals surface area contributed by atoms with E-state index < -0.39 is 172 Å². The molecule has 3 N–H and O–H groups in total. The molecule has 2 saturated heterocycles. The Morgan fingerprint density at radius 1 is 0.667 bits per heavy atom. The lowest BCUT2D eigenvalue weighted by molar-refractivity contribution is -0.160. The van der Waals surface area contributed by atoms with Crippen molar-refractivity contribution in [3.05, 3.63) is 103 Å². The van der Waals surface area contributed by atoms with Crippen LogP contribution in [0, 0.1) is 22.3 Å². The molecule has 1 aliphatic carbocycles. The molecule has 29 heteroatoms. The number of halogens is 5. The highest BCUT2D eigenvalue weighted by atomic mass is 127. The van der Waals surface area contributed by atoms with Crippen LogP contribution < -0.4 is 16.0 Å². The standard InChI is InChI=1S/C73H101ClF3IN12O12/c1-17-43(4)60-69(100)85(12)46(7)64(95)90-35-32-54(90)68(99)87(14)56(38-48-26-24-42(3)25-27-48)67(98)83(10)41-58(91)79-53(31-29-47-28-30-51(52(74)37-47)73(75,76)77)65(96)86(13)55(39-49-22-21-23-50(78)36-49)63(94)81-72(33-19-20-34-72)71(102)89(16)61(44(5)18-2)70(101)88(15)57(66(97)82(8)9)40-59(92)84(11)45(6)62(93)80-60/h21-28,30,36-37,43-46,53-57,60-61H,17-20,29,31-35,38-41H2,1-16H3,(H,79,91)(H,80,93)(H,81,94)/t43-,44-,45-,46-,53-,54-,55-,56-,57-,60-,61-/m0/s1. The first-order chi connectivity index (χ1) is 47.7. The SMILES string of the molecule is CC[C@H](C)[C@@H]1NC(=O)[C@H](C)N(C)C(=O)C[C@@H](C(=O)N(C)C)N(C)C(=O)[C@H]([C@@H](C)CC)N(C)C(=O)C2(CCCC2)NC(=O)[C@H](Cc2cccc(I)c2)N(C)C(=O)[C@H](CCc2ccc(C(F)(F)F)c(Cl)c2)NC(=O)CN(C)C(=O)[C@H](Cc2ccc(C)cc2)N(C)C(=O)[C@@H]2CCN2C(=O)[C@H](C)N(C)C1=O. The van der Waals surface area contributed by atoms with Crippen LogP contribution in [0.1, 0.15) is 127 Å². The minimum absolute atomic E-state index is 0.0633. The van der Waals surface area contributed by atoms with Gasteiger partial charge in [0.05, 0.1) is 23.6 Å². The second-order valence-corrected chi connectivity index (χ2v) is 29.7. The molecule has 102 heavy (non-hydrogen) atoms. The van der Waals surface area contributed by atoms with Crippen LogP contribution in [0.3, 0.4) is 0 Å². The van der Waals surface area contributed by atoms with Crippen LogP contribution in [0.25, 0.3) is 0 Å². The maximum absolute atomic E-state index is 15.6. The van der Waals surface area contributed by atoms with Gasteiger partial charge in [0.25, 0.3) is 0 Å². The topological polar surface area (TPSA) is 270 Å². The Morgan fingerprint density at radius 3 is 1.82 bits per heavy atom. The van der Waals surface area contributed by atoms with E-state index in [1.54, 1.807) is 51.1 Å². The minimum atomic E-state index is -4.79. The number of nitrogens with one attached hydrogen (secondary N) is 3. The molecule has 12 amide bonds. The predicted octanol–water partition coefficient (Wildman–Crippen LogP) is 5.73. The summed E-state index contributed by atoms with van der Waals surface area (Å²) in [6.07, 6.45) is -4.08. The zero-order chi connectivity index (χ0) is 76.3. The third-order valence-corrected chi connectivity index (χ3v) is 21.8. The van der Waals surface area contributed by atoms with Gasteiger partial charge in [-0.05, 0) is 128 Å². The zero-order valence-corrected chi connectivity index (χ0v) is 64.3. The number of fused-ring (bicyclic) bond motifs is 1. The van der Waals surface area contributed by atoms with Crippen LogP contribution in [-0.4, -0.2) is 251 Å². The van der Waals surface area contributed by atoms with Crippen molar-refractivity contribution in [1.82, 2.24) is 60.0 Å². The number of benzene rings is 3. The summed E-state index contributed by atoms with van der Waals surface area (Å²) in [4.78, 5) is 190. The lowest BCUT2D eigenvalue weighted by atomic mass is 9.90. The van der Waals surface area contributed by atoms with E-state index in [0.29, 0.717) is 36.8 Å². The molecule has 2 heterocycles. The predicted molar refractivity (Wildman–Crippen MR) is 386 cm³/mol. The number of likely N-dealkylation sites (N-methyl/N-ethyl adjacent to an activating group) is 8. The Labute approximate surface area is 615 Å². The molecule has 11 atom stereocenters. The van der Waals surface area contributed by atoms with Gasteiger partial charge in [-0.1, -0.05) is 113 Å². The Bertz CT molecular complexity index is 3600. The van der Waals surface area contributed by atoms with Gasteiger partial charge < -0.3 is 60.0 Å². The van der Waals surface area contributed by atoms with Crippen molar-refractivity contribution in [3.8, 4) is 0 Å². The van der Waals surface area contributed by atoms with Crippen LogP contribution in [0.5, 0.6) is 0 Å². The summed E-state index contributed by atoms with van der Waals surface area (Å²) in [5.41, 5.74) is -0.400. The average molecular weight is 1560 g/mol. The third-order valence-electron chi connectivity index (χ3n) is 20.9. The summed E-state index contributed by atoms with van der Waals surface area (Å²) in [6.45, 7) is 11.3. The fraction of sp³-hybridized carbons (Fsp3) is 0.589.